The summed E-state index contributed by atoms with van der Waals surface area (Å²) in [5.41, 5.74) is 0. The van der Waals surface area contributed by atoms with E-state index in [2.05, 4.69) is 15.5 Å². The molecule has 2 aliphatic rings. The van der Waals surface area contributed by atoms with Crippen LogP contribution in [0.3, 0.4) is 0 Å². The fraction of sp³-hybridized carbons (Fsp3) is 0.500. The molecule has 0 saturated heterocycles. The summed E-state index contributed by atoms with van der Waals surface area (Å²) in [5, 5.41) is 11.2. The fourth-order valence-corrected chi connectivity index (χ4v) is 4.44. The third kappa shape index (κ3) is 4.00. The van der Waals surface area contributed by atoms with Gasteiger partial charge in [0.25, 0.3) is 11.1 Å². The Hall–Kier alpha value is -2.09. The quantitative estimate of drug-likeness (QED) is 0.747. The Labute approximate surface area is 154 Å². The predicted molar refractivity (Wildman–Crippen MR) is 93.1 cm³/mol. The molecule has 2 saturated carbocycles. The maximum absolute atomic E-state index is 13.5. The molecule has 0 unspecified atom stereocenters. The summed E-state index contributed by atoms with van der Waals surface area (Å²) in [7, 11) is 0. The number of carbonyl (C=O) groups excluding carboxylic acids is 1. The Morgan fingerprint density at radius 1 is 1.31 bits per heavy atom. The van der Waals surface area contributed by atoms with Crippen LogP contribution in [0.15, 0.2) is 33.9 Å². The molecule has 0 spiro atoms. The van der Waals surface area contributed by atoms with Crippen LogP contribution in [-0.2, 0) is 11.4 Å². The summed E-state index contributed by atoms with van der Waals surface area (Å²) in [4.78, 5) is 12.1. The molecule has 26 heavy (non-hydrogen) atoms. The van der Waals surface area contributed by atoms with Gasteiger partial charge in [0.05, 0.1) is 5.75 Å². The monoisotopic (exact) mass is 377 g/mol. The summed E-state index contributed by atoms with van der Waals surface area (Å²) in [6.07, 6.45) is 4.91. The number of fused-ring (bicyclic) bond motifs is 2. The topological polar surface area (TPSA) is 77.2 Å². The van der Waals surface area contributed by atoms with Crippen LogP contribution in [0.4, 0.5) is 4.39 Å². The summed E-state index contributed by atoms with van der Waals surface area (Å²) >= 11 is 1.20. The van der Waals surface area contributed by atoms with Crippen LogP contribution in [0.5, 0.6) is 5.75 Å². The highest BCUT2D eigenvalue weighted by Gasteiger charge is 2.40. The highest BCUT2D eigenvalue weighted by Crippen LogP contribution is 2.44. The molecule has 8 heteroatoms. The first-order valence-electron chi connectivity index (χ1n) is 8.79. The fourth-order valence-electron chi connectivity index (χ4n) is 3.85. The van der Waals surface area contributed by atoms with Gasteiger partial charge in [0.15, 0.2) is 18.2 Å². The number of halogens is 1. The van der Waals surface area contributed by atoms with Crippen LogP contribution in [0, 0.1) is 17.7 Å². The lowest BCUT2D eigenvalue weighted by molar-refractivity contribution is -0.119. The third-order valence-electron chi connectivity index (χ3n) is 5.05. The largest absolute Gasteiger partial charge is 0.481 e. The van der Waals surface area contributed by atoms with Crippen LogP contribution in [-0.4, -0.2) is 27.9 Å². The molecular formula is C18H20FN3O3S. The Morgan fingerprint density at radius 2 is 2.19 bits per heavy atom. The Bertz CT molecular complexity index is 785. The predicted octanol–water partition coefficient (Wildman–Crippen LogP) is 3.18. The SMILES string of the molecule is O=C(CSc1nnc(COc2ccccc2F)o1)N[C@@H]1C[C@H]2CC[C@H]1C2. The van der Waals surface area contributed by atoms with Crippen LogP contribution in [0.25, 0.3) is 0 Å². The molecule has 138 valence electrons. The molecule has 4 rings (SSSR count). The smallest absolute Gasteiger partial charge is 0.277 e. The van der Waals surface area contributed by atoms with Gasteiger partial charge in [-0.15, -0.1) is 10.2 Å². The van der Waals surface area contributed by atoms with Crippen molar-refractivity contribution in [1.82, 2.24) is 15.5 Å². The highest BCUT2D eigenvalue weighted by atomic mass is 32.2. The van der Waals surface area contributed by atoms with E-state index in [1.165, 1.54) is 43.2 Å². The molecule has 1 amide bonds. The van der Waals surface area contributed by atoms with Gasteiger partial charge in [-0.1, -0.05) is 30.3 Å². The van der Waals surface area contributed by atoms with Gasteiger partial charge in [-0.25, -0.2) is 4.39 Å². The van der Waals surface area contributed by atoms with Gasteiger partial charge in [-0.05, 0) is 43.2 Å². The number of thioether (sulfide) groups is 1. The molecule has 2 fully saturated rings. The van der Waals surface area contributed by atoms with E-state index in [0.717, 1.165) is 12.3 Å². The molecule has 6 nitrogen and oxygen atoms in total. The zero-order valence-corrected chi connectivity index (χ0v) is 15.0. The molecule has 0 radical (unpaired) electrons. The van der Waals surface area contributed by atoms with Crippen molar-refractivity contribution in [2.75, 3.05) is 5.75 Å². The minimum atomic E-state index is -0.445. The van der Waals surface area contributed by atoms with E-state index < -0.39 is 5.82 Å². The van der Waals surface area contributed by atoms with E-state index in [4.69, 9.17) is 9.15 Å². The van der Waals surface area contributed by atoms with Crippen LogP contribution in [0.2, 0.25) is 0 Å². The molecule has 2 aliphatic carbocycles. The number of benzene rings is 1. The number of rotatable bonds is 7. The van der Waals surface area contributed by atoms with Gasteiger partial charge in [-0.3, -0.25) is 4.79 Å². The zero-order valence-electron chi connectivity index (χ0n) is 14.2. The number of nitrogens with zero attached hydrogens (tertiary/aromatic N) is 2. The first-order valence-corrected chi connectivity index (χ1v) is 9.78. The number of carbonyl (C=O) groups is 1. The van der Waals surface area contributed by atoms with Crippen LogP contribution in [0.1, 0.15) is 31.6 Å². The van der Waals surface area contributed by atoms with Gasteiger partial charge in [0.2, 0.25) is 5.91 Å². The second kappa shape index (κ2) is 7.65. The summed E-state index contributed by atoms with van der Waals surface area (Å²) < 4.78 is 24.2. The molecule has 1 heterocycles. The Morgan fingerprint density at radius 3 is 2.96 bits per heavy atom. The standard InChI is InChI=1S/C18H20FN3O3S/c19-13-3-1-2-4-15(13)24-9-17-21-22-18(25-17)26-10-16(23)20-14-8-11-5-6-12(14)7-11/h1-4,11-12,14H,5-10H2,(H,20,23)/t11-,12-,14+/m0/s1. The Kier molecular flexibility index (Phi) is 5.10. The van der Waals surface area contributed by atoms with Gasteiger partial charge in [0, 0.05) is 6.04 Å². The number of aromatic nitrogens is 2. The highest BCUT2D eigenvalue weighted by molar-refractivity contribution is 7.99. The maximum Gasteiger partial charge on any atom is 0.277 e. The van der Waals surface area contributed by atoms with Gasteiger partial charge < -0.3 is 14.5 Å². The second-order valence-corrected chi connectivity index (χ2v) is 7.74. The van der Waals surface area contributed by atoms with Crippen molar-refractivity contribution in [3.8, 4) is 5.75 Å². The van der Waals surface area contributed by atoms with Crippen LogP contribution >= 0.6 is 11.8 Å². The zero-order chi connectivity index (χ0) is 17.9. The van der Waals surface area contributed by atoms with Crippen molar-refractivity contribution >= 4 is 17.7 Å². The lowest BCUT2D eigenvalue weighted by atomic mass is 9.95. The van der Waals surface area contributed by atoms with Crippen molar-refractivity contribution in [1.29, 1.82) is 0 Å². The van der Waals surface area contributed by atoms with Crippen molar-refractivity contribution in [2.24, 2.45) is 11.8 Å². The van der Waals surface area contributed by atoms with Crippen molar-refractivity contribution in [2.45, 2.75) is 43.6 Å². The number of para-hydroxylation sites is 1. The minimum absolute atomic E-state index is 0.00472. The number of amides is 1. The second-order valence-electron chi connectivity index (χ2n) is 6.82. The first-order chi connectivity index (χ1) is 12.7. The van der Waals surface area contributed by atoms with E-state index in [1.807, 2.05) is 0 Å². The maximum atomic E-state index is 13.5. The van der Waals surface area contributed by atoms with Crippen molar-refractivity contribution < 1.29 is 18.3 Å². The molecule has 2 bridgehead atoms. The van der Waals surface area contributed by atoms with Crippen LogP contribution < -0.4 is 10.1 Å². The molecular weight excluding hydrogens is 357 g/mol. The lowest BCUT2D eigenvalue weighted by Crippen LogP contribution is -2.39. The van der Waals surface area contributed by atoms with E-state index >= 15 is 0 Å². The van der Waals surface area contributed by atoms with E-state index in [1.54, 1.807) is 12.1 Å². The number of ether oxygens (including phenoxy) is 1. The van der Waals surface area contributed by atoms with Crippen molar-refractivity contribution in [3.63, 3.8) is 0 Å². The molecule has 1 aromatic carbocycles. The lowest BCUT2D eigenvalue weighted by Gasteiger charge is -2.22. The minimum Gasteiger partial charge on any atom is -0.481 e. The molecule has 1 aromatic heterocycles. The average Bonchev–Trinajstić information content (AvgIpc) is 3.36. The molecule has 0 aliphatic heterocycles. The van der Waals surface area contributed by atoms with Gasteiger partial charge in [-0.2, -0.15) is 0 Å². The van der Waals surface area contributed by atoms with E-state index in [-0.39, 0.29) is 29.9 Å². The Balaban J connectivity index is 1.22. The average molecular weight is 377 g/mol. The molecule has 1 N–H and O–H groups in total. The summed E-state index contributed by atoms with van der Waals surface area (Å²) in [6.45, 7) is -0.0220. The number of hydrogen-bond acceptors (Lipinski definition) is 6. The van der Waals surface area contributed by atoms with E-state index in [9.17, 15) is 9.18 Å². The third-order valence-corrected chi connectivity index (χ3v) is 5.87. The van der Waals surface area contributed by atoms with Crippen molar-refractivity contribution in [3.05, 3.63) is 36.0 Å². The molecule has 2 aromatic rings. The number of nitrogens with one attached hydrogen (secondary N) is 1. The van der Waals surface area contributed by atoms with Gasteiger partial charge >= 0.3 is 0 Å². The van der Waals surface area contributed by atoms with Gasteiger partial charge in [0.1, 0.15) is 0 Å². The first kappa shape index (κ1) is 17.3. The van der Waals surface area contributed by atoms with E-state index in [0.29, 0.717) is 17.2 Å². The molecule has 3 atom stereocenters. The summed E-state index contributed by atoms with van der Waals surface area (Å²) in [5.74, 6) is 1.61. The summed E-state index contributed by atoms with van der Waals surface area (Å²) in [6, 6.07) is 6.45. The number of hydrogen-bond donors (Lipinski definition) is 1. The normalized spacial score (nSPS) is 24.0.